The maximum absolute atomic E-state index is 11.6. The molecular weight excluding hydrogens is 256 g/mol. The van der Waals surface area contributed by atoms with Gasteiger partial charge in [0.15, 0.2) is 0 Å². The van der Waals surface area contributed by atoms with E-state index in [0.717, 1.165) is 31.2 Å². The van der Waals surface area contributed by atoms with E-state index < -0.39 is 0 Å². The first-order chi connectivity index (χ1) is 9.72. The summed E-state index contributed by atoms with van der Waals surface area (Å²) in [4.78, 5) is 26.4. The lowest BCUT2D eigenvalue weighted by atomic mass is 10.1. The Hall–Kier alpha value is -1.91. The van der Waals surface area contributed by atoms with Crippen molar-refractivity contribution < 1.29 is 14.3 Å². The molecule has 1 aromatic heterocycles. The Bertz CT molecular complexity index is 407. The van der Waals surface area contributed by atoms with Crippen molar-refractivity contribution in [3.8, 4) is 0 Å². The summed E-state index contributed by atoms with van der Waals surface area (Å²) in [5.74, 6) is -0.110. The minimum absolute atomic E-state index is 0.0646. The number of methoxy groups -OCH3 is 1. The van der Waals surface area contributed by atoms with Crippen LogP contribution in [0.25, 0.3) is 0 Å². The van der Waals surface area contributed by atoms with E-state index in [1.807, 2.05) is 12.1 Å². The van der Waals surface area contributed by atoms with Crippen LogP contribution < -0.4 is 5.32 Å². The SMILES string of the molecule is COC(=O)CCCCCNC(=O)CCc1ccncc1. The van der Waals surface area contributed by atoms with E-state index in [1.54, 1.807) is 12.4 Å². The zero-order valence-corrected chi connectivity index (χ0v) is 11.9. The van der Waals surface area contributed by atoms with Gasteiger partial charge in [0.05, 0.1) is 7.11 Å². The second kappa shape index (κ2) is 9.95. The van der Waals surface area contributed by atoms with Crippen LogP contribution in [0.15, 0.2) is 24.5 Å². The summed E-state index contributed by atoms with van der Waals surface area (Å²) >= 11 is 0. The highest BCUT2D eigenvalue weighted by atomic mass is 16.5. The molecule has 0 radical (unpaired) electrons. The Kier molecular flexibility index (Phi) is 8.03. The summed E-state index contributed by atoms with van der Waals surface area (Å²) < 4.78 is 4.56. The normalized spacial score (nSPS) is 10.1. The van der Waals surface area contributed by atoms with Crippen molar-refractivity contribution in [1.29, 1.82) is 0 Å². The van der Waals surface area contributed by atoms with E-state index in [-0.39, 0.29) is 11.9 Å². The topological polar surface area (TPSA) is 68.3 Å². The molecule has 0 aliphatic carbocycles. The number of amides is 1. The third-order valence-corrected chi connectivity index (χ3v) is 3.00. The lowest BCUT2D eigenvalue weighted by Gasteiger charge is -2.05. The van der Waals surface area contributed by atoms with Gasteiger partial charge in [-0.3, -0.25) is 14.6 Å². The van der Waals surface area contributed by atoms with Crippen molar-refractivity contribution in [3.63, 3.8) is 0 Å². The van der Waals surface area contributed by atoms with Gasteiger partial charge in [0, 0.05) is 31.8 Å². The molecule has 0 saturated carbocycles. The smallest absolute Gasteiger partial charge is 0.305 e. The van der Waals surface area contributed by atoms with Crippen LogP contribution in [-0.2, 0) is 20.7 Å². The predicted molar refractivity (Wildman–Crippen MR) is 76.1 cm³/mol. The molecule has 1 N–H and O–H groups in total. The van der Waals surface area contributed by atoms with Gasteiger partial charge in [-0.1, -0.05) is 6.42 Å². The summed E-state index contributed by atoms with van der Waals surface area (Å²) in [5, 5.41) is 2.88. The van der Waals surface area contributed by atoms with Crippen LogP contribution in [0.5, 0.6) is 0 Å². The molecule has 1 rings (SSSR count). The highest BCUT2D eigenvalue weighted by Crippen LogP contribution is 2.02. The molecule has 0 aliphatic rings. The van der Waals surface area contributed by atoms with Crippen molar-refractivity contribution in [1.82, 2.24) is 10.3 Å². The summed E-state index contributed by atoms with van der Waals surface area (Å²) in [6.07, 6.45) is 7.75. The molecule has 5 nitrogen and oxygen atoms in total. The van der Waals surface area contributed by atoms with Gasteiger partial charge in [0.2, 0.25) is 5.91 Å². The number of carbonyl (C=O) groups excluding carboxylic acids is 2. The van der Waals surface area contributed by atoms with Gasteiger partial charge in [-0.15, -0.1) is 0 Å². The number of nitrogens with zero attached hydrogens (tertiary/aromatic N) is 1. The minimum Gasteiger partial charge on any atom is -0.469 e. The predicted octanol–water partition coefficient (Wildman–Crippen LogP) is 1.86. The fraction of sp³-hybridized carbons (Fsp3) is 0.533. The van der Waals surface area contributed by atoms with Crippen molar-refractivity contribution in [2.45, 2.75) is 38.5 Å². The van der Waals surface area contributed by atoms with Crippen LogP contribution in [0, 0.1) is 0 Å². The highest BCUT2D eigenvalue weighted by Gasteiger charge is 2.02. The first-order valence-corrected chi connectivity index (χ1v) is 6.95. The number of hydrogen-bond donors (Lipinski definition) is 1. The van der Waals surface area contributed by atoms with Crippen LogP contribution in [0.4, 0.5) is 0 Å². The molecule has 0 aliphatic heterocycles. The van der Waals surface area contributed by atoms with Crippen molar-refractivity contribution >= 4 is 11.9 Å². The molecule has 1 heterocycles. The Morgan fingerprint density at radius 1 is 1.15 bits per heavy atom. The molecule has 1 amide bonds. The standard InChI is InChI=1S/C15H22N2O3/c1-20-15(19)5-3-2-4-10-17-14(18)7-6-13-8-11-16-12-9-13/h8-9,11-12H,2-7,10H2,1H3,(H,17,18). The van der Waals surface area contributed by atoms with Crippen LogP contribution in [0.3, 0.4) is 0 Å². The zero-order chi connectivity index (χ0) is 14.6. The Balaban J connectivity index is 1.99. The largest absolute Gasteiger partial charge is 0.469 e. The maximum Gasteiger partial charge on any atom is 0.305 e. The zero-order valence-electron chi connectivity index (χ0n) is 11.9. The molecule has 110 valence electrons. The molecule has 20 heavy (non-hydrogen) atoms. The number of aromatic nitrogens is 1. The third-order valence-electron chi connectivity index (χ3n) is 3.00. The van der Waals surface area contributed by atoms with Crippen molar-refractivity contribution in [3.05, 3.63) is 30.1 Å². The average Bonchev–Trinajstić information content (AvgIpc) is 2.49. The molecular formula is C15H22N2O3. The van der Waals surface area contributed by atoms with Crippen LogP contribution in [0.2, 0.25) is 0 Å². The lowest BCUT2D eigenvalue weighted by Crippen LogP contribution is -2.24. The van der Waals surface area contributed by atoms with Gasteiger partial charge >= 0.3 is 5.97 Å². The fourth-order valence-corrected chi connectivity index (χ4v) is 1.80. The molecule has 0 bridgehead atoms. The summed E-state index contributed by atoms with van der Waals surface area (Å²) in [6, 6.07) is 3.83. The van der Waals surface area contributed by atoms with E-state index in [0.29, 0.717) is 19.4 Å². The third kappa shape index (κ3) is 7.51. The van der Waals surface area contributed by atoms with Gasteiger partial charge in [-0.2, -0.15) is 0 Å². The van der Waals surface area contributed by atoms with Gasteiger partial charge < -0.3 is 10.1 Å². The second-order valence-electron chi connectivity index (χ2n) is 4.59. The maximum atomic E-state index is 11.6. The lowest BCUT2D eigenvalue weighted by molar-refractivity contribution is -0.140. The van der Waals surface area contributed by atoms with E-state index in [2.05, 4.69) is 15.0 Å². The Morgan fingerprint density at radius 3 is 2.60 bits per heavy atom. The Labute approximate surface area is 119 Å². The molecule has 0 atom stereocenters. The van der Waals surface area contributed by atoms with Gasteiger partial charge in [0.25, 0.3) is 0 Å². The first-order valence-electron chi connectivity index (χ1n) is 6.95. The van der Waals surface area contributed by atoms with E-state index >= 15 is 0 Å². The second-order valence-corrected chi connectivity index (χ2v) is 4.59. The number of aryl methyl sites for hydroxylation is 1. The first kappa shape index (κ1) is 16.1. The van der Waals surface area contributed by atoms with Crippen molar-refractivity contribution in [2.75, 3.05) is 13.7 Å². The summed E-state index contributed by atoms with van der Waals surface area (Å²) in [6.45, 7) is 0.663. The van der Waals surface area contributed by atoms with Gasteiger partial charge in [-0.05, 0) is 37.0 Å². The molecule has 0 fully saturated rings. The molecule has 0 saturated heterocycles. The highest BCUT2D eigenvalue weighted by molar-refractivity contribution is 5.76. The van der Waals surface area contributed by atoms with Crippen LogP contribution in [0.1, 0.15) is 37.7 Å². The number of ether oxygens (including phenoxy) is 1. The molecule has 5 heteroatoms. The quantitative estimate of drug-likeness (QED) is 0.553. The number of pyridine rings is 1. The monoisotopic (exact) mass is 278 g/mol. The molecule has 1 aromatic rings. The fourth-order valence-electron chi connectivity index (χ4n) is 1.80. The van der Waals surface area contributed by atoms with E-state index in [9.17, 15) is 9.59 Å². The average molecular weight is 278 g/mol. The summed E-state index contributed by atoms with van der Waals surface area (Å²) in [5.41, 5.74) is 1.12. The molecule has 0 spiro atoms. The summed E-state index contributed by atoms with van der Waals surface area (Å²) in [7, 11) is 1.39. The van der Waals surface area contributed by atoms with Crippen LogP contribution in [-0.4, -0.2) is 30.5 Å². The minimum atomic E-state index is -0.175. The van der Waals surface area contributed by atoms with Crippen LogP contribution >= 0.6 is 0 Å². The van der Waals surface area contributed by atoms with Crippen molar-refractivity contribution in [2.24, 2.45) is 0 Å². The van der Waals surface area contributed by atoms with E-state index in [1.165, 1.54) is 7.11 Å². The van der Waals surface area contributed by atoms with Gasteiger partial charge in [0.1, 0.15) is 0 Å². The molecule has 0 unspecified atom stereocenters. The number of esters is 1. The van der Waals surface area contributed by atoms with E-state index in [4.69, 9.17) is 0 Å². The number of nitrogens with one attached hydrogen (secondary N) is 1. The number of rotatable bonds is 9. The number of carbonyl (C=O) groups is 2. The molecule has 0 aromatic carbocycles. The number of unbranched alkanes of at least 4 members (excludes halogenated alkanes) is 2. The number of hydrogen-bond acceptors (Lipinski definition) is 4. The van der Waals surface area contributed by atoms with Gasteiger partial charge in [-0.25, -0.2) is 0 Å². The Morgan fingerprint density at radius 2 is 1.90 bits per heavy atom.